The van der Waals surface area contributed by atoms with Crippen molar-refractivity contribution in [3.05, 3.63) is 59.1 Å². The molecule has 0 unspecified atom stereocenters. The van der Waals surface area contributed by atoms with Crippen molar-refractivity contribution < 1.29 is 14.3 Å². The van der Waals surface area contributed by atoms with Crippen molar-refractivity contribution in [2.24, 2.45) is 0 Å². The van der Waals surface area contributed by atoms with Gasteiger partial charge in [0.15, 0.2) is 10.8 Å². The van der Waals surface area contributed by atoms with E-state index in [1.807, 2.05) is 53.1 Å². The normalized spacial score (nSPS) is 11.5. The zero-order valence-electron chi connectivity index (χ0n) is 19.0. The van der Waals surface area contributed by atoms with Crippen LogP contribution < -0.4 is 5.32 Å². The summed E-state index contributed by atoms with van der Waals surface area (Å²) in [6.07, 6.45) is -0.00867. The second-order valence-electron chi connectivity index (χ2n) is 8.24. The van der Waals surface area contributed by atoms with Gasteiger partial charge in [0, 0.05) is 18.4 Å². The second kappa shape index (κ2) is 8.83. The van der Waals surface area contributed by atoms with E-state index in [0.29, 0.717) is 22.2 Å². The summed E-state index contributed by atoms with van der Waals surface area (Å²) < 4.78 is 7.28. The lowest BCUT2D eigenvalue weighted by Crippen LogP contribution is -2.14. The highest BCUT2D eigenvalue weighted by Gasteiger charge is 2.19. The first-order valence-corrected chi connectivity index (χ1v) is 11.8. The Balaban J connectivity index is 1.39. The molecule has 0 saturated heterocycles. The molecule has 0 bridgehead atoms. The number of nitrogens with zero attached hydrogens (tertiary/aromatic N) is 4. The van der Waals surface area contributed by atoms with E-state index in [1.54, 1.807) is 20.8 Å². The number of nitrogens with one attached hydrogen (secondary N) is 1. The second-order valence-corrected chi connectivity index (χ2v) is 9.24. The minimum Gasteiger partial charge on any atom is -0.459 e. The molecule has 3 heterocycles. The zero-order chi connectivity index (χ0) is 23.8. The molecular weight excluding hydrogens is 450 g/mol. The lowest BCUT2D eigenvalue weighted by atomic mass is 10.2. The summed E-state index contributed by atoms with van der Waals surface area (Å²) in [6.45, 7) is 5.73. The van der Waals surface area contributed by atoms with E-state index in [9.17, 15) is 9.59 Å². The predicted molar refractivity (Wildman–Crippen MR) is 133 cm³/mol. The van der Waals surface area contributed by atoms with E-state index >= 15 is 0 Å². The molecule has 0 spiro atoms. The van der Waals surface area contributed by atoms with Gasteiger partial charge in [-0.15, -0.1) is 0 Å². The van der Waals surface area contributed by atoms with E-state index in [4.69, 9.17) is 14.7 Å². The van der Waals surface area contributed by atoms with Gasteiger partial charge in [-0.2, -0.15) is 0 Å². The van der Waals surface area contributed by atoms with Gasteiger partial charge in [0.2, 0.25) is 5.91 Å². The van der Waals surface area contributed by atoms with Gasteiger partial charge in [0.25, 0.3) is 0 Å². The molecule has 0 aliphatic carbocycles. The molecule has 172 valence electrons. The van der Waals surface area contributed by atoms with E-state index < -0.39 is 5.97 Å². The number of amides is 1. The number of aromatic nitrogens is 4. The molecule has 3 aromatic heterocycles. The molecule has 0 radical (unpaired) electrons. The number of fused-ring (bicyclic) bond motifs is 4. The molecule has 0 atom stereocenters. The first-order chi connectivity index (χ1) is 16.4. The Morgan fingerprint density at radius 2 is 1.74 bits per heavy atom. The Bertz CT molecular complexity index is 1550. The largest absolute Gasteiger partial charge is 0.459 e. The fourth-order valence-electron chi connectivity index (χ4n) is 3.91. The number of rotatable bonds is 6. The summed E-state index contributed by atoms with van der Waals surface area (Å²) in [5.74, 6) is -0.626. The number of carbonyl (C=O) groups is 2. The number of hydrogen-bond donors (Lipinski definition) is 1. The van der Waals surface area contributed by atoms with E-state index in [-0.39, 0.29) is 18.4 Å². The quantitative estimate of drug-likeness (QED) is 0.345. The van der Waals surface area contributed by atoms with Crippen LogP contribution in [0.2, 0.25) is 0 Å². The Labute approximate surface area is 199 Å². The summed E-state index contributed by atoms with van der Waals surface area (Å²) in [5.41, 5.74) is 4.72. The molecule has 2 aromatic carbocycles. The van der Waals surface area contributed by atoms with Gasteiger partial charge in [-0.1, -0.05) is 41.7 Å². The summed E-state index contributed by atoms with van der Waals surface area (Å²) >= 11 is 1.12. The van der Waals surface area contributed by atoms with Gasteiger partial charge in [-0.3, -0.25) is 4.79 Å². The maximum absolute atomic E-state index is 12.8. The third kappa shape index (κ3) is 4.10. The Kier molecular flexibility index (Phi) is 5.70. The van der Waals surface area contributed by atoms with Crippen LogP contribution >= 0.6 is 11.3 Å². The molecule has 1 N–H and O–H groups in total. The van der Waals surface area contributed by atoms with E-state index in [1.165, 1.54) is 0 Å². The summed E-state index contributed by atoms with van der Waals surface area (Å²) in [6, 6.07) is 15.7. The van der Waals surface area contributed by atoms with Crippen LogP contribution in [0.1, 0.15) is 35.6 Å². The molecule has 5 aromatic rings. The molecule has 0 aliphatic rings. The number of ether oxygens (including phenoxy) is 1. The molecule has 8 nitrogen and oxygen atoms in total. The van der Waals surface area contributed by atoms with Gasteiger partial charge in [0.05, 0.1) is 28.3 Å². The Morgan fingerprint density at radius 1 is 1.03 bits per heavy atom. The first kappa shape index (κ1) is 22.0. The van der Waals surface area contributed by atoms with E-state index in [2.05, 4.69) is 10.3 Å². The number of para-hydroxylation sites is 3. The average molecular weight is 474 g/mol. The van der Waals surface area contributed by atoms with Crippen molar-refractivity contribution in [3.63, 3.8) is 0 Å². The van der Waals surface area contributed by atoms with Crippen LogP contribution in [0.15, 0.2) is 48.5 Å². The van der Waals surface area contributed by atoms with Crippen LogP contribution in [0, 0.1) is 6.92 Å². The number of aryl methyl sites for hydroxylation is 2. The van der Waals surface area contributed by atoms with Crippen LogP contribution in [0.25, 0.3) is 33.1 Å². The lowest BCUT2D eigenvalue weighted by molar-refractivity contribution is -0.116. The first-order valence-electron chi connectivity index (χ1n) is 11.0. The minimum absolute atomic E-state index is 0.197. The smallest absolute Gasteiger partial charge is 0.350 e. The van der Waals surface area contributed by atoms with E-state index in [0.717, 1.165) is 44.4 Å². The van der Waals surface area contributed by atoms with Gasteiger partial charge in [-0.25, -0.2) is 19.7 Å². The minimum atomic E-state index is -0.429. The van der Waals surface area contributed by atoms with Crippen molar-refractivity contribution in [3.8, 4) is 0 Å². The average Bonchev–Trinajstić information content (AvgIpc) is 3.32. The third-order valence-corrected chi connectivity index (χ3v) is 6.44. The maximum atomic E-state index is 12.8. The van der Waals surface area contributed by atoms with Gasteiger partial charge in [-0.05, 0) is 39.0 Å². The number of thiazole rings is 1. The maximum Gasteiger partial charge on any atom is 0.350 e. The van der Waals surface area contributed by atoms with Gasteiger partial charge >= 0.3 is 5.97 Å². The zero-order valence-corrected chi connectivity index (χ0v) is 19.8. The molecule has 34 heavy (non-hydrogen) atoms. The predicted octanol–water partition coefficient (Wildman–Crippen LogP) is 5.10. The van der Waals surface area contributed by atoms with Crippen molar-refractivity contribution in [1.29, 1.82) is 0 Å². The number of benzene rings is 2. The van der Waals surface area contributed by atoms with Crippen LogP contribution in [-0.4, -0.2) is 37.5 Å². The number of anilines is 1. The molecule has 0 saturated carbocycles. The molecule has 1 amide bonds. The van der Waals surface area contributed by atoms with Crippen molar-refractivity contribution >= 4 is 61.4 Å². The lowest BCUT2D eigenvalue weighted by Gasteiger charge is -2.07. The monoisotopic (exact) mass is 473 g/mol. The fourth-order valence-corrected chi connectivity index (χ4v) is 4.78. The Morgan fingerprint density at radius 3 is 2.50 bits per heavy atom. The molecule has 9 heteroatoms. The number of esters is 1. The third-order valence-electron chi connectivity index (χ3n) is 5.39. The molecule has 5 rings (SSSR count). The van der Waals surface area contributed by atoms with Gasteiger partial charge in [0.1, 0.15) is 10.4 Å². The highest BCUT2D eigenvalue weighted by Crippen LogP contribution is 2.29. The standard InChI is InChI=1S/C25H23N5O3S/c1-14(2)33-24(32)22-15(3)26-25(34-22)29-20(31)12-13-30-19-11-7-4-8-16(19)21-23(30)28-18-10-6-5-9-17(18)27-21/h4-11,14H,12-13H2,1-3H3,(H,26,29,31). The van der Waals surface area contributed by atoms with Crippen molar-refractivity contribution in [2.75, 3.05) is 5.32 Å². The number of carbonyl (C=O) groups excluding carboxylic acids is 2. The topological polar surface area (TPSA) is 99.0 Å². The van der Waals surface area contributed by atoms with Crippen LogP contribution in [0.5, 0.6) is 0 Å². The van der Waals surface area contributed by atoms with Gasteiger partial charge < -0.3 is 14.6 Å². The van der Waals surface area contributed by atoms with Crippen LogP contribution in [-0.2, 0) is 16.1 Å². The highest BCUT2D eigenvalue weighted by molar-refractivity contribution is 7.17. The molecule has 0 fully saturated rings. The molecule has 0 aliphatic heterocycles. The SMILES string of the molecule is Cc1nc(NC(=O)CCn2c3ccccc3c3nc4ccccc4nc32)sc1C(=O)OC(C)C. The summed E-state index contributed by atoms with van der Waals surface area (Å²) in [7, 11) is 0. The summed E-state index contributed by atoms with van der Waals surface area (Å²) in [4.78, 5) is 39.4. The Hall–Kier alpha value is -3.85. The molecular formula is C25H23N5O3S. The van der Waals surface area contributed by atoms with Crippen LogP contribution in [0.4, 0.5) is 5.13 Å². The summed E-state index contributed by atoms with van der Waals surface area (Å²) in [5, 5.41) is 4.19. The van der Waals surface area contributed by atoms with Crippen molar-refractivity contribution in [2.45, 2.75) is 39.8 Å². The number of hydrogen-bond acceptors (Lipinski definition) is 7. The van der Waals surface area contributed by atoms with Crippen LogP contribution in [0.3, 0.4) is 0 Å². The fraction of sp³-hybridized carbons (Fsp3) is 0.240. The highest BCUT2D eigenvalue weighted by atomic mass is 32.1. The van der Waals surface area contributed by atoms with Crippen molar-refractivity contribution in [1.82, 2.24) is 19.5 Å².